The number of hydrogen-bond acceptors (Lipinski definition) is 4. The number of anilines is 1. The third-order valence-corrected chi connectivity index (χ3v) is 4.64. The number of imidazole rings is 1. The summed E-state index contributed by atoms with van der Waals surface area (Å²) >= 11 is 0. The van der Waals surface area contributed by atoms with Crippen LogP contribution in [-0.2, 0) is 4.79 Å². The van der Waals surface area contributed by atoms with E-state index in [9.17, 15) is 4.79 Å². The van der Waals surface area contributed by atoms with Crippen molar-refractivity contribution >= 4 is 22.8 Å². The van der Waals surface area contributed by atoms with Gasteiger partial charge < -0.3 is 10.1 Å². The van der Waals surface area contributed by atoms with Gasteiger partial charge in [-0.15, -0.1) is 0 Å². The first-order valence-corrected chi connectivity index (χ1v) is 8.20. The number of nitrogens with one attached hydrogen (secondary N) is 1. The van der Waals surface area contributed by atoms with Crippen LogP contribution in [0.3, 0.4) is 0 Å². The summed E-state index contributed by atoms with van der Waals surface area (Å²) in [6, 6.07) is 15.6. The standard InChI is InChI=1S/C20H19N3O2/c1-12-18(13(2)24)19(14-8-10-15(25-3)11-9-14)23-17-7-5-4-6-16(17)22-20(23)21-12/h4-11,19H,1-3H3,(H,21,22)/t19-/m1/s1. The molecule has 1 N–H and O–H groups in total. The molecule has 0 fully saturated rings. The van der Waals surface area contributed by atoms with Crippen LogP contribution in [0.5, 0.6) is 5.75 Å². The highest BCUT2D eigenvalue weighted by atomic mass is 16.5. The summed E-state index contributed by atoms with van der Waals surface area (Å²) in [5.74, 6) is 1.59. The van der Waals surface area contributed by atoms with Crippen molar-refractivity contribution < 1.29 is 9.53 Å². The second-order valence-electron chi connectivity index (χ2n) is 6.19. The third kappa shape index (κ3) is 2.39. The van der Waals surface area contributed by atoms with Crippen LogP contribution in [0.15, 0.2) is 59.8 Å². The Morgan fingerprint density at radius 3 is 2.56 bits per heavy atom. The topological polar surface area (TPSA) is 56.1 Å². The van der Waals surface area contributed by atoms with Crippen molar-refractivity contribution in [2.24, 2.45) is 0 Å². The molecule has 0 aliphatic carbocycles. The van der Waals surface area contributed by atoms with E-state index < -0.39 is 0 Å². The summed E-state index contributed by atoms with van der Waals surface area (Å²) in [4.78, 5) is 17.1. The number of para-hydroxylation sites is 2. The van der Waals surface area contributed by atoms with Gasteiger partial charge >= 0.3 is 0 Å². The first kappa shape index (κ1) is 15.4. The average molecular weight is 333 g/mol. The minimum absolute atomic E-state index is 0.0502. The Morgan fingerprint density at radius 2 is 1.88 bits per heavy atom. The average Bonchev–Trinajstić information content (AvgIpc) is 2.98. The number of Topliss-reactive ketones (excluding diaryl/α,β-unsaturated/α-hetero) is 1. The maximum atomic E-state index is 12.4. The summed E-state index contributed by atoms with van der Waals surface area (Å²) in [6.07, 6.45) is 0. The lowest BCUT2D eigenvalue weighted by Crippen LogP contribution is -2.26. The van der Waals surface area contributed by atoms with Crippen LogP contribution in [0, 0.1) is 0 Å². The number of hydrogen-bond donors (Lipinski definition) is 1. The van der Waals surface area contributed by atoms with Crippen LogP contribution in [0.4, 0.5) is 5.95 Å². The highest BCUT2D eigenvalue weighted by Crippen LogP contribution is 2.39. The van der Waals surface area contributed by atoms with Crippen molar-refractivity contribution in [3.63, 3.8) is 0 Å². The minimum Gasteiger partial charge on any atom is -0.497 e. The third-order valence-electron chi connectivity index (χ3n) is 4.64. The van der Waals surface area contributed by atoms with Gasteiger partial charge in [-0.25, -0.2) is 4.98 Å². The quantitative estimate of drug-likeness (QED) is 0.789. The number of carbonyl (C=O) groups excluding carboxylic acids is 1. The molecule has 2 heterocycles. The minimum atomic E-state index is -0.216. The van der Waals surface area contributed by atoms with E-state index in [0.29, 0.717) is 0 Å². The second kappa shape index (κ2) is 5.77. The van der Waals surface area contributed by atoms with Gasteiger partial charge in [0.2, 0.25) is 5.95 Å². The van der Waals surface area contributed by atoms with E-state index in [0.717, 1.165) is 39.6 Å². The summed E-state index contributed by atoms with van der Waals surface area (Å²) < 4.78 is 7.36. The molecule has 0 bridgehead atoms. The molecule has 3 aromatic rings. The van der Waals surface area contributed by atoms with E-state index >= 15 is 0 Å². The van der Waals surface area contributed by atoms with Crippen molar-refractivity contribution in [2.75, 3.05) is 12.4 Å². The van der Waals surface area contributed by atoms with Crippen LogP contribution >= 0.6 is 0 Å². The molecule has 0 radical (unpaired) electrons. The number of allylic oxidation sites excluding steroid dienone is 2. The second-order valence-corrected chi connectivity index (χ2v) is 6.19. The number of methoxy groups -OCH3 is 1. The van der Waals surface area contributed by atoms with Crippen molar-refractivity contribution in [2.45, 2.75) is 19.9 Å². The first-order valence-electron chi connectivity index (χ1n) is 8.20. The zero-order chi connectivity index (χ0) is 17.6. The van der Waals surface area contributed by atoms with Crippen LogP contribution < -0.4 is 10.1 Å². The lowest BCUT2D eigenvalue weighted by Gasteiger charge is -2.30. The molecular formula is C20H19N3O2. The van der Waals surface area contributed by atoms with Crippen molar-refractivity contribution in [1.29, 1.82) is 0 Å². The molecule has 0 saturated carbocycles. The van der Waals surface area contributed by atoms with Crippen LogP contribution in [-0.4, -0.2) is 22.4 Å². The SMILES string of the molecule is COc1ccc([C@@H]2C(C(C)=O)=C(C)Nc3nc4ccccc4n32)cc1. The van der Waals surface area contributed by atoms with Gasteiger partial charge in [0.1, 0.15) is 5.75 Å². The van der Waals surface area contributed by atoms with E-state index in [1.54, 1.807) is 14.0 Å². The Balaban J connectivity index is 1.98. The van der Waals surface area contributed by atoms with E-state index in [1.165, 1.54) is 0 Å². The van der Waals surface area contributed by atoms with Crippen LogP contribution in [0.25, 0.3) is 11.0 Å². The summed E-state index contributed by atoms with van der Waals surface area (Å²) in [5.41, 5.74) is 4.52. The zero-order valence-corrected chi connectivity index (χ0v) is 14.4. The van der Waals surface area contributed by atoms with Crippen LogP contribution in [0.2, 0.25) is 0 Å². The predicted molar refractivity (Wildman–Crippen MR) is 97.9 cm³/mol. The lowest BCUT2D eigenvalue weighted by atomic mass is 9.92. The number of ketones is 1. The van der Waals surface area contributed by atoms with E-state index in [2.05, 4.69) is 14.9 Å². The van der Waals surface area contributed by atoms with Crippen molar-refractivity contribution in [3.05, 3.63) is 65.4 Å². The van der Waals surface area contributed by atoms with Gasteiger partial charge in [0.05, 0.1) is 24.2 Å². The fourth-order valence-corrected chi connectivity index (χ4v) is 3.52. The monoisotopic (exact) mass is 333 g/mol. The molecular weight excluding hydrogens is 314 g/mol. The molecule has 1 aliphatic heterocycles. The van der Waals surface area contributed by atoms with Crippen molar-refractivity contribution in [3.8, 4) is 5.75 Å². The fraction of sp³-hybridized carbons (Fsp3) is 0.200. The molecule has 1 aliphatic rings. The van der Waals surface area contributed by atoms with E-state index in [4.69, 9.17) is 4.74 Å². The van der Waals surface area contributed by atoms with Gasteiger partial charge in [-0.3, -0.25) is 9.36 Å². The molecule has 0 amide bonds. The molecule has 5 heteroatoms. The Bertz CT molecular complexity index is 999. The summed E-state index contributed by atoms with van der Waals surface area (Å²) in [7, 11) is 1.64. The van der Waals surface area contributed by atoms with Crippen LogP contribution in [0.1, 0.15) is 25.5 Å². The predicted octanol–water partition coefficient (Wildman–Crippen LogP) is 3.92. The van der Waals surface area contributed by atoms with Gasteiger partial charge in [-0.05, 0) is 43.7 Å². The Kier molecular flexibility index (Phi) is 3.57. The Morgan fingerprint density at radius 1 is 1.16 bits per heavy atom. The number of ether oxygens (including phenoxy) is 1. The zero-order valence-electron chi connectivity index (χ0n) is 14.4. The number of fused-ring (bicyclic) bond motifs is 3. The van der Waals surface area contributed by atoms with Gasteiger partial charge in [-0.1, -0.05) is 24.3 Å². The Labute approximate surface area is 145 Å². The number of rotatable bonds is 3. The van der Waals surface area contributed by atoms with E-state index in [-0.39, 0.29) is 11.8 Å². The highest BCUT2D eigenvalue weighted by molar-refractivity contribution is 5.97. The molecule has 1 aromatic heterocycles. The van der Waals surface area contributed by atoms with Gasteiger partial charge in [0.25, 0.3) is 0 Å². The largest absolute Gasteiger partial charge is 0.497 e. The maximum absolute atomic E-state index is 12.4. The molecule has 0 saturated heterocycles. The highest BCUT2D eigenvalue weighted by Gasteiger charge is 2.32. The molecule has 0 unspecified atom stereocenters. The normalized spacial score (nSPS) is 16.5. The molecule has 4 rings (SSSR count). The summed E-state index contributed by atoms with van der Waals surface area (Å²) in [6.45, 7) is 3.54. The van der Waals surface area contributed by atoms with Gasteiger partial charge in [0.15, 0.2) is 5.78 Å². The fourth-order valence-electron chi connectivity index (χ4n) is 3.52. The molecule has 5 nitrogen and oxygen atoms in total. The summed E-state index contributed by atoms with van der Waals surface area (Å²) in [5, 5.41) is 3.29. The van der Waals surface area contributed by atoms with E-state index in [1.807, 2.05) is 55.5 Å². The maximum Gasteiger partial charge on any atom is 0.209 e. The first-order chi connectivity index (χ1) is 12.1. The number of benzene rings is 2. The van der Waals surface area contributed by atoms with Gasteiger partial charge in [-0.2, -0.15) is 0 Å². The smallest absolute Gasteiger partial charge is 0.209 e. The number of aromatic nitrogens is 2. The molecule has 25 heavy (non-hydrogen) atoms. The molecule has 0 spiro atoms. The number of nitrogens with zero attached hydrogens (tertiary/aromatic N) is 2. The Hall–Kier alpha value is -3.08. The molecule has 1 atom stereocenters. The van der Waals surface area contributed by atoms with Crippen molar-refractivity contribution in [1.82, 2.24) is 9.55 Å². The molecule has 126 valence electrons. The molecule has 2 aromatic carbocycles. The lowest BCUT2D eigenvalue weighted by molar-refractivity contribution is -0.114. The number of carbonyl (C=O) groups is 1. The van der Waals surface area contributed by atoms with Gasteiger partial charge in [0, 0.05) is 11.3 Å².